The summed E-state index contributed by atoms with van der Waals surface area (Å²) < 4.78 is 0. The molecular formula is C24H25N5O. The molecule has 1 aromatic heterocycles. The first-order valence-corrected chi connectivity index (χ1v) is 10.4. The second kappa shape index (κ2) is 8.91. The number of carbonyl (C=O) groups excluding carboxylic acids is 1. The highest BCUT2D eigenvalue weighted by Crippen LogP contribution is 2.40. The van der Waals surface area contributed by atoms with Gasteiger partial charge in [-0.15, -0.1) is 0 Å². The molecule has 1 aliphatic carbocycles. The van der Waals surface area contributed by atoms with Crippen LogP contribution in [0, 0.1) is 11.3 Å². The summed E-state index contributed by atoms with van der Waals surface area (Å²) >= 11 is 0. The molecule has 2 aliphatic rings. The quantitative estimate of drug-likeness (QED) is 0.798. The van der Waals surface area contributed by atoms with Gasteiger partial charge in [0.2, 0.25) is 0 Å². The van der Waals surface area contributed by atoms with Crippen LogP contribution in [0.5, 0.6) is 0 Å². The summed E-state index contributed by atoms with van der Waals surface area (Å²) in [5.41, 5.74) is 3.02. The van der Waals surface area contributed by atoms with Gasteiger partial charge in [-0.05, 0) is 54.7 Å². The van der Waals surface area contributed by atoms with Crippen LogP contribution >= 0.6 is 0 Å². The number of pyridine rings is 1. The number of carbonyl (C=O) groups is 1. The Morgan fingerprint density at radius 3 is 2.53 bits per heavy atom. The van der Waals surface area contributed by atoms with Gasteiger partial charge in [-0.2, -0.15) is 5.26 Å². The molecule has 30 heavy (non-hydrogen) atoms. The standard InChI is InChI=1S/C24H25N5O/c25-17-24(11-1-2-12-24)19-5-7-20(8-6-19)29-23(30)21-4-3-13-27-22(21)28-16-18-9-14-26-15-10-18/h4-10,14-15H,1-3,11-13,16H2,(H,27,28)(H,29,30). The third-order valence-corrected chi connectivity index (χ3v) is 5.82. The normalized spacial score (nSPS) is 17.4. The molecule has 0 radical (unpaired) electrons. The molecule has 1 aliphatic heterocycles. The number of aliphatic imine (C=N–C) groups is 1. The first kappa shape index (κ1) is 19.8. The van der Waals surface area contributed by atoms with E-state index >= 15 is 0 Å². The Morgan fingerprint density at radius 1 is 1.10 bits per heavy atom. The molecule has 0 atom stereocenters. The number of anilines is 1. The summed E-state index contributed by atoms with van der Waals surface area (Å²) in [5.74, 6) is 0.431. The van der Waals surface area contributed by atoms with Crippen LogP contribution in [-0.4, -0.2) is 23.3 Å². The molecule has 6 nitrogen and oxygen atoms in total. The van der Waals surface area contributed by atoms with Crippen molar-refractivity contribution in [3.8, 4) is 6.07 Å². The minimum Gasteiger partial charge on any atom is -0.366 e. The van der Waals surface area contributed by atoms with Crippen molar-refractivity contribution in [1.82, 2.24) is 10.3 Å². The molecule has 4 rings (SSSR count). The van der Waals surface area contributed by atoms with Gasteiger partial charge in [0, 0.05) is 31.2 Å². The number of dihydropyridines is 1. The Hall–Kier alpha value is -3.46. The average molecular weight is 399 g/mol. The van der Waals surface area contributed by atoms with E-state index in [4.69, 9.17) is 0 Å². The van der Waals surface area contributed by atoms with Crippen LogP contribution in [0.1, 0.15) is 43.2 Å². The highest BCUT2D eigenvalue weighted by Gasteiger charge is 2.35. The van der Waals surface area contributed by atoms with Crippen molar-refractivity contribution >= 4 is 17.4 Å². The van der Waals surface area contributed by atoms with Gasteiger partial charge in [-0.25, -0.2) is 0 Å². The summed E-state index contributed by atoms with van der Waals surface area (Å²) in [6.45, 7) is 1.25. The van der Waals surface area contributed by atoms with Gasteiger partial charge >= 0.3 is 0 Å². The highest BCUT2D eigenvalue weighted by molar-refractivity contribution is 6.24. The summed E-state index contributed by atoms with van der Waals surface area (Å²) in [6.07, 6.45) is 10.2. The third-order valence-electron chi connectivity index (χ3n) is 5.82. The lowest BCUT2D eigenvalue weighted by Crippen LogP contribution is -2.33. The Kier molecular flexibility index (Phi) is 5.89. The molecule has 2 aromatic rings. The number of hydrogen-bond donors (Lipinski definition) is 2. The number of benzene rings is 1. The molecule has 0 bridgehead atoms. The fourth-order valence-corrected chi connectivity index (χ4v) is 4.12. The van der Waals surface area contributed by atoms with Crippen molar-refractivity contribution < 1.29 is 4.79 Å². The molecule has 1 amide bonds. The molecule has 1 saturated carbocycles. The highest BCUT2D eigenvalue weighted by atomic mass is 16.1. The molecule has 0 unspecified atom stereocenters. The zero-order chi connectivity index (χ0) is 20.8. The Labute approximate surface area is 176 Å². The number of nitrogens with zero attached hydrogens (tertiary/aromatic N) is 3. The van der Waals surface area contributed by atoms with Gasteiger partial charge in [0.1, 0.15) is 5.84 Å². The predicted octanol–water partition coefficient (Wildman–Crippen LogP) is 3.87. The largest absolute Gasteiger partial charge is 0.366 e. The van der Waals surface area contributed by atoms with Gasteiger partial charge in [0.05, 0.1) is 17.1 Å². The van der Waals surface area contributed by atoms with Crippen LogP contribution < -0.4 is 10.6 Å². The van der Waals surface area contributed by atoms with E-state index in [2.05, 4.69) is 26.7 Å². The van der Waals surface area contributed by atoms with Crippen LogP contribution in [0.2, 0.25) is 0 Å². The lowest BCUT2D eigenvalue weighted by molar-refractivity contribution is -0.112. The first-order chi connectivity index (χ1) is 14.7. The Bertz CT molecular complexity index is 996. The zero-order valence-electron chi connectivity index (χ0n) is 16.9. The van der Waals surface area contributed by atoms with Crippen LogP contribution in [0.25, 0.3) is 0 Å². The van der Waals surface area contributed by atoms with Crippen molar-refractivity contribution in [3.05, 3.63) is 71.6 Å². The molecule has 2 N–H and O–H groups in total. The van der Waals surface area contributed by atoms with Crippen LogP contribution in [0.3, 0.4) is 0 Å². The predicted molar refractivity (Wildman–Crippen MR) is 117 cm³/mol. The van der Waals surface area contributed by atoms with E-state index in [0.29, 0.717) is 24.5 Å². The van der Waals surface area contributed by atoms with E-state index in [9.17, 15) is 10.1 Å². The third kappa shape index (κ3) is 4.25. The zero-order valence-corrected chi connectivity index (χ0v) is 16.9. The van der Waals surface area contributed by atoms with Gasteiger partial charge in [-0.1, -0.05) is 31.1 Å². The lowest BCUT2D eigenvalue weighted by Gasteiger charge is -2.21. The molecule has 2 heterocycles. The SMILES string of the molecule is N#CC1(c2ccc(NC(=O)C3=CCCN=C3NCc3ccncc3)cc2)CCCC1. The fraction of sp³-hybridized carbons (Fsp3) is 0.333. The van der Waals surface area contributed by atoms with E-state index in [1.807, 2.05) is 42.5 Å². The van der Waals surface area contributed by atoms with Gasteiger partial charge in [-0.3, -0.25) is 14.8 Å². The van der Waals surface area contributed by atoms with E-state index in [1.165, 1.54) is 0 Å². The summed E-state index contributed by atoms with van der Waals surface area (Å²) in [5, 5.41) is 15.9. The minimum absolute atomic E-state index is 0.181. The van der Waals surface area contributed by atoms with Crippen molar-refractivity contribution in [3.63, 3.8) is 0 Å². The van der Waals surface area contributed by atoms with E-state index in [0.717, 1.165) is 48.9 Å². The summed E-state index contributed by atoms with van der Waals surface area (Å²) in [4.78, 5) is 21.4. The van der Waals surface area contributed by atoms with Gasteiger partial charge in [0.15, 0.2) is 0 Å². The minimum atomic E-state index is -0.370. The van der Waals surface area contributed by atoms with Crippen molar-refractivity contribution in [2.24, 2.45) is 4.99 Å². The van der Waals surface area contributed by atoms with Crippen molar-refractivity contribution in [1.29, 1.82) is 5.26 Å². The first-order valence-electron chi connectivity index (χ1n) is 10.4. The maximum absolute atomic E-state index is 12.9. The molecule has 1 fully saturated rings. The maximum atomic E-state index is 12.9. The summed E-state index contributed by atoms with van der Waals surface area (Å²) in [6, 6.07) is 14.1. The van der Waals surface area contributed by atoms with Crippen LogP contribution in [0.15, 0.2) is 65.4 Å². The van der Waals surface area contributed by atoms with E-state index in [-0.39, 0.29) is 11.3 Å². The van der Waals surface area contributed by atoms with E-state index in [1.54, 1.807) is 12.4 Å². The van der Waals surface area contributed by atoms with Gasteiger partial charge in [0.25, 0.3) is 5.91 Å². The number of nitriles is 1. The Balaban J connectivity index is 1.41. The number of nitrogens with one attached hydrogen (secondary N) is 2. The molecule has 0 saturated heterocycles. The number of rotatable bonds is 5. The summed E-state index contributed by atoms with van der Waals surface area (Å²) in [7, 11) is 0. The number of amidine groups is 1. The van der Waals surface area contributed by atoms with Crippen molar-refractivity contribution in [2.45, 2.75) is 44.1 Å². The number of aromatic nitrogens is 1. The lowest BCUT2D eigenvalue weighted by atomic mass is 9.80. The molecule has 0 spiro atoms. The van der Waals surface area contributed by atoms with Crippen LogP contribution in [-0.2, 0) is 16.8 Å². The smallest absolute Gasteiger partial charge is 0.259 e. The second-order valence-electron chi connectivity index (χ2n) is 7.78. The second-order valence-corrected chi connectivity index (χ2v) is 7.78. The molecular weight excluding hydrogens is 374 g/mol. The fourth-order valence-electron chi connectivity index (χ4n) is 4.12. The van der Waals surface area contributed by atoms with Gasteiger partial charge < -0.3 is 10.6 Å². The number of amides is 1. The molecule has 152 valence electrons. The average Bonchev–Trinajstić information content (AvgIpc) is 3.29. The molecule has 6 heteroatoms. The van der Waals surface area contributed by atoms with E-state index < -0.39 is 0 Å². The maximum Gasteiger partial charge on any atom is 0.259 e. The Morgan fingerprint density at radius 2 is 1.83 bits per heavy atom. The number of hydrogen-bond acceptors (Lipinski definition) is 5. The van der Waals surface area contributed by atoms with Crippen LogP contribution in [0.4, 0.5) is 5.69 Å². The monoisotopic (exact) mass is 399 g/mol. The molecule has 1 aromatic carbocycles. The van der Waals surface area contributed by atoms with Crippen molar-refractivity contribution in [2.75, 3.05) is 11.9 Å². The topological polar surface area (TPSA) is 90.2 Å².